The van der Waals surface area contributed by atoms with Crippen molar-refractivity contribution in [3.05, 3.63) is 41.3 Å². The molecule has 0 spiro atoms. The molecule has 1 N–H and O–H groups in total. The summed E-state index contributed by atoms with van der Waals surface area (Å²) in [7, 11) is 1.18. The van der Waals surface area contributed by atoms with Gasteiger partial charge in [-0.05, 0) is 18.2 Å². The van der Waals surface area contributed by atoms with Crippen LogP contribution in [0.2, 0.25) is 0 Å². The quantitative estimate of drug-likeness (QED) is 0.862. The number of methoxy groups -OCH3 is 1. The van der Waals surface area contributed by atoms with Gasteiger partial charge in [0.15, 0.2) is 5.82 Å². The van der Waals surface area contributed by atoms with Gasteiger partial charge in [-0.25, -0.2) is 9.37 Å². The molecule has 0 fully saturated rings. The first kappa shape index (κ1) is 15.6. The predicted molar refractivity (Wildman–Crippen MR) is 67.6 cm³/mol. The average Bonchev–Trinajstić information content (AvgIpc) is 2.46. The first-order chi connectivity index (χ1) is 10.3. The SMILES string of the molecule is COc1ncc(-c2cc(C#N)cc(C(F)(F)F)c2O)cc1F. The Kier molecular flexibility index (Phi) is 3.91. The van der Waals surface area contributed by atoms with Gasteiger partial charge in [-0.3, -0.25) is 0 Å². The van der Waals surface area contributed by atoms with Gasteiger partial charge in [0.05, 0.1) is 24.3 Å². The lowest BCUT2D eigenvalue weighted by molar-refractivity contribution is -0.138. The van der Waals surface area contributed by atoms with E-state index in [1.807, 2.05) is 0 Å². The number of alkyl halides is 3. The number of hydrogen-bond donors (Lipinski definition) is 1. The van der Waals surface area contributed by atoms with E-state index in [2.05, 4.69) is 9.72 Å². The van der Waals surface area contributed by atoms with Crippen LogP contribution in [0.3, 0.4) is 0 Å². The number of aromatic hydroxyl groups is 1. The van der Waals surface area contributed by atoms with Crippen molar-refractivity contribution in [3.8, 4) is 28.8 Å². The Balaban J connectivity index is 2.70. The third-order valence-corrected chi connectivity index (χ3v) is 2.86. The molecule has 0 saturated heterocycles. The fourth-order valence-electron chi connectivity index (χ4n) is 1.86. The molecule has 0 unspecified atom stereocenters. The van der Waals surface area contributed by atoms with Gasteiger partial charge in [0.25, 0.3) is 0 Å². The molecule has 1 heterocycles. The van der Waals surface area contributed by atoms with Gasteiger partial charge in [-0.15, -0.1) is 0 Å². The monoisotopic (exact) mass is 312 g/mol. The maximum atomic E-state index is 13.6. The van der Waals surface area contributed by atoms with E-state index in [0.717, 1.165) is 18.3 Å². The van der Waals surface area contributed by atoms with Crippen molar-refractivity contribution in [1.29, 1.82) is 5.26 Å². The van der Waals surface area contributed by atoms with Crippen molar-refractivity contribution in [2.75, 3.05) is 7.11 Å². The third kappa shape index (κ3) is 2.79. The van der Waals surface area contributed by atoms with Crippen LogP contribution in [0.4, 0.5) is 17.6 Å². The van der Waals surface area contributed by atoms with Crippen LogP contribution in [0.1, 0.15) is 11.1 Å². The highest BCUT2D eigenvalue weighted by Crippen LogP contribution is 2.42. The minimum Gasteiger partial charge on any atom is -0.507 e. The Hall–Kier alpha value is -2.82. The molecule has 4 nitrogen and oxygen atoms in total. The summed E-state index contributed by atoms with van der Waals surface area (Å²) in [4.78, 5) is 3.59. The van der Waals surface area contributed by atoms with Crippen molar-refractivity contribution in [1.82, 2.24) is 4.98 Å². The van der Waals surface area contributed by atoms with E-state index in [-0.39, 0.29) is 22.6 Å². The maximum Gasteiger partial charge on any atom is 0.420 e. The lowest BCUT2D eigenvalue weighted by Crippen LogP contribution is -2.06. The molecular weight excluding hydrogens is 304 g/mol. The molecule has 0 aliphatic rings. The minimum atomic E-state index is -4.86. The summed E-state index contributed by atoms with van der Waals surface area (Å²) in [5.74, 6) is -2.34. The van der Waals surface area contributed by atoms with Gasteiger partial charge in [-0.2, -0.15) is 18.4 Å². The molecular formula is C14H8F4N2O2. The zero-order valence-corrected chi connectivity index (χ0v) is 11.1. The lowest BCUT2D eigenvalue weighted by Gasteiger charge is -2.13. The van der Waals surface area contributed by atoms with Crippen molar-refractivity contribution < 1.29 is 27.4 Å². The number of rotatable bonds is 2. The van der Waals surface area contributed by atoms with Crippen LogP contribution in [0.25, 0.3) is 11.1 Å². The standard InChI is InChI=1S/C14H8F4N2O2/c1-22-13-11(15)4-8(6-20-13)9-2-7(5-19)3-10(12(9)21)14(16,17)18/h2-4,6,21H,1H3. The molecule has 2 aromatic rings. The van der Waals surface area contributed by atoms with Gasteiger partial charge in [0.2, 0.25) is 5.88 Å². The maximum absolute atomic E-state index is 13.6. The Bertz CT molecular complexity index is 767. The molecule has 0 aliphatic carbocycles. The second-order valence-electron chi connectivity index (χ2n) is 4.24. The Labute approximate surface area is 122 Å². The molecule has 2 rings (SSSR count). The number of halogens is 4. The van der Waals surface area contributed by atoms with Crippen LogP contribution in [0.15, 0.2) is 24.4 Å². The van der Waals surface area contributed by atoms with Crippen LogP contribution in [-0.2, 0) is 6.18 Å². The van der Waals surface area contributed by atoms with Crippen molar-refractivity contribution >= 4 is 0 Å². The fraction of sp³-hybridized carbons (Fsp3) is 0.143. The molecule has 0 bridgehead atoms. The van der Waals surface area contributed by atoms with Gasteiger partial charge >= 0.3 is 6.18 Å². The largest absolute Gasteiger partial charge is 0.507 e. The van der Waals surface area contributed by atoms with Gasteiger partial charge in [0, 0.05) is 17.3 Å². The number of nitriles is 1. The Morgan fingerprint density at radius 2 is 1.95 bits per heavy atom. The smallest absolute Gasteiger partial charge is 0.420 e. The second-order valence-corrected chi connectivity index (χ2v) is 4.24. The zero-order chi connectivity index (χ0) is 16.5. The van der Waals surface area contributed by atoms with E-state index < -0.39 is 23.3 Å². The van der Waals surface area contributed by atoms with E-state index in [9.17, 15) is 22.7 Å². The molecule has 0 saturated carbocycles. The minimum absolute atomic E-state index is 0.113. The Morgan fingerprint density at radius 1 is 1.27 bits per heavy atom. The zero-order valence-electron chi connectivity index (χ0n) is 11.1. The highest BCUT2D eigenvalue weighted by Gasteiger charge is 2.35. The fourth-order valence-corrected chi connectivity index (χ4v) is 1.86. The topological polar surface area (TPSA) is 66.1 Å². The molecule has 0 radical (unpaired) electrons. The number of phenolic OH excluding ortho intramolecular Hbond substituents is 1. The number of ether oxygens (including phenoxy) is 1. The summed E-state index contributed by atoms with van der Waals surface area (Å²) in [5, 5.41) is 18.6. The van der Waals surface area contributed by atoms with Crippen molar-refractivity contribution in [2.24, 2.45) is 0 Å². The molecule has 0 aliphatic heterocycles. The first-order valence-electron chi connectivity index (χ1n) is 5.82. The van der Waals surface area contributed by atoms with Crippen molar-refractivity contribution in [2.45, 2.75) is 6.18 Å². The van der Waals surface area contributed by atoms with E-state index in [1.165, 1.54) is 7.11 Å². The number of nitrogens with zero attached hydrogens (tertiary/aromatic N) is 2. The highest BCUT2D eigenvalue weighted by atomic mass is 19.4. The van der Waals surface area contributed by atoms with Gasteiger partial charge < -0.3 is 9.84 Å². The van der Waals surface area contributed by atoms with Crippen LogP contribution in [-0.4, -0.2) is 17.2 Å². The van der Waals surface area contributed by atoms with Crippen LogP contribution < -0.4 is 4.74 Å². The second kappa shape index (κ2) is 5.52. The molecule has 114 valence electrons. The molecule has 0 amide bonds. The summed E-state index contributed by atoms with van der Waals surface area (Å²) >= 11 is 0. The summed E-state index contributed by atoms with van der Waals surface area (Å²) < 4.78 is 56.9. The molecule has 1 aromatic heterocycles. The summed E-state index contributed by atoms with van der Waals surface area (Å²) in [6.45, 7) is 0. The molecule has 1 aromatic carbocycles. The average molecular weight is 312 g/mol. The first-order valence-corrected chi connectivity index (χ1v) is 5.82. The number of pyridine rings is 1. The van der Waals surface area contributed by atoms with E-state index >= 15 is 0 Å². The summed E-state index contributed by atoms with van der Waals surface area (Å²) in [6, 6.07) is 3.97. The van der Waals surface area contributed by atoms with Gasteiger partial charge in [0.1, 0.15) is 5.75 Å². The summed E-state index contributed by atoms with van der Waals surface area (Å²) in [5.41, 5.74) is -2.16. The molecule has 22 heavy (non-hydrogen) atoms. The van der Waals surface area contributed by atoms with Crippen LogP contribution in [0.5, 0.6) is 11.6 Å². The Morgan fingerprint density at radius 3 is 2.45 bits per heavy atom. The number of phenols is 1. The predicted octanol–water partition coefficient (Wildman–Crippen LogP) is 3.49. The number of benzene rings is 1. The lowest BCUT2D eigenvalue weighted by atomic mass is 9.99. The number of hydrogen-bond acceptors (Lipinski definition) is 4. The van der Waals surface area contributed by atoms with E-state index in [1.54, 1.807) is 6.07 Å². The van der Waals surface area contributed by atoms with E-state index in [0.29, 0.717) is 6.07 Å². The molecule has 8 heteroatoms. The van der Waals surface area contributed by atoms with Gasteiger partial charge in [-0.1, -0.05) is 0 Å². The van der Waals surface area contributed by atoms with E-state index in [4.69, 9.17) is 5.26 Å². The third-order valence-electron chi connectivity index (χ3n) is 2.86. The normalized spacial score (nSPS) is 11.1. The molecule has 0 atom stereocenters. The van der Waals surface area contributed by atoms with Crippen LogP contribution >= 0.6 is 0 Å². The van der Waals surface area contributed by atoms with Crippen LogP contribution in [0, 0.1) is 17.1 Å². The highest BCUT2D eigenvalue weighted by molar-refractivity contribution is 5.73. The number of aromatic nitrogens is 1. The van der Waals surface area contributed by atoms with Crippen molar-refractivity contribution in [3.63, 3.8) is 0 Å². The summed E-state index contributed by atoms with van der Waals surface area (Å²) in [6.07, 6.45) is -3.82.